The number of fused-ring (bicyclic) bond motifs is 2. The highest BCUT2D eigenvalue weighted by atomic mass is 19.2. The number of hydrogen-bond donors (Lipinski definition) is 0. The molecule has 0 unspecified atom stereocenters. The molecule has 7 nitrogen and oxygen atoms in total. The number of aromatic nitrogens is 2. The van der Waals surface area contributed by atoms with Gasteiger partial charge in [-0.05, 0) is 42.3 Å². The van der Waals surface area contributed by atoms with Crippen LogP contribution in [0.25, 0.3) is 55.6 Å². The summed E-state index contributed by atoms with van der Waals surface area (Å²) in [6, 6.07) is 7.28. The van der Waals surface area contributed by atoms with Crippen molar-refractivity contribution in [3.05, 3.63) is 70.3 Å². The van der Waals surface area contributed by atoms with E-state index in [2.05, 4.69) is 9.97 Å². The zero-order valence-corrected chi connectivity index (χ0v) is 19.1. The monoisotopic (exact) mass is 535 g/mol. The van der Waals surface area contributed by atoms with Crippen molar-refractivity contribution < 1.29 is 35.2 Å². The molecule has 0 spiro atoms. The predicted molar refractivity (Wildman–Crippen MR) is 121 cm³/mol. The molecule has 0 atom stereocenters. The van der Waals surface area contributed by atoms with E-state index in [9.17, 15) is 42.1 Å². The van der Waals surface area contributed by atoms with Gasteiger partial charge in [0.05, 0.1) is 16.7 Å². The fourth-order valence-corrected chi connectivity index (χ4v) is 3.90. The maximum absolute atomic E-state index is 14.3. The van der Waals surface area contributed by atoms with Crippen LogP contribution in [0.5, 0.6) is 0 Å². The van der Waals surface area contributed by atoms with Crippen LogP contribution in [0.4, 0.5) is 26.3 Å². The van der Waals surface area contributed by atoms with E-state index in [1.54, 1.807) is 18.2 Å². The van der Waals surface area contributed by atoms with Crippen molar-refractivity contribution in [2.24, 2.45) is 0 Å². The number of nitrogens with zero attached hydrogens (tertiary/aromatic N) is 5. The summed E-state index contributed by atoms with van der Waals surface area (Å²) in [6.07, 6.45) is 0. The van der Waals surface area contributed by atoms with Crippen molar-refractivity contribution in [2.45, 2.75) is 6.92 Å². The summed E-state index contributed by atoms with van der Waals surface area (Å²) in [6.45, 7) is 1.32. The van der Waals surface area contributed by atoms with Gasteiger partial charge in [0.25, 0.3) is 0 Å². The normalized spacial score (nSPS) is 11.8. The van der Waals surface area contributed by atoms with Crippen LogP contribution in [0.3, 0.4) is 0 Å². The third kappa shape index (κ3) is 3.83. The Hall–Kier alpha value is -5.61. The van der Waals surface area contributed by atoms with Crippen LogP contribution < -0.4 is 11.1 Å². The van der Waals surface area contributed by atoms with Gasteiger partial charge in [-0.2, -0.15) is 15.8 Å². The van der Waals surface area contributed by atoms with E-state index in [1.807, 2.05) is 0 Å². The average Bonchev–Trinajstić information content (AvgIpc) is 3.53. The zero-order chi connectivity index (χ0) is 28.2. The first-order valence-corrected chi connectivity index (χ1v) is 10.6. The Kier molecular flexibility index (Phi) is 5.81. The van der Waals surface area contributed by atoms with Crippen LogP contribution in [0.2, 0.25) is 0 Å². The lowest BCUT2D eigenvalue weighted by atomic mass is 9.96. The van der Waals surface area contributed by atoms with Crippen LogP contribution in [-0.4, -0.2) is 9.97 Å². The molecule has 2 aromatic heterocycles. The van der Waals surface area contributed by atoms with Crippen LogP contribution in [0.15, 0.2) is 33.1 Å². The van der Waals surface area contributed by atoms with Gasteiger partial charge in [0, 0.05) is 0 Å². The highest BCUT2D eigenvalue weighted by Gasteiger charge is 2.28. The van der Waals surface area contributed by atoms with Gasteiger partial charge in [-0.3, -0.25) is 0 Å². The molecule has 0 aliphatic rings. The van der Waals surface area contributed by atoms with E-state index < -0.39 is 51.6 Å². The van der Waals surface area contributed by atoms with Crippen molar-refractivity contribution in [3.63, 3.8) is 0 Å². The fraction of sp³-hybridized carbons (Fsp3) is 0.0385. The lowest BCUT2D eigenvalue weighted by Crippen LogP contribution is -2.04. The van der Waals surface area contributed by atoms with E-state index in [0.717, 1.165) is 0 Å². The molecule has 2 heterocycles. The summed E-state index contributed by atoms with van der Waals surface area (Å²) in [7, 11) is 0. The lowest BCUT2D eigenvalue weighted by molar-refractivity contribution is 0.447. The Morgan fingerprint density at radius 1 is 0.641 bits per heavy atom. The average molecular weight is 535 g/mol. The zero-order valence-electron chi connectivity index (χ0n) is 19.1. The third-order valence-corrected chi connectivity index (χ3v) is 5.65. The molecular weight excluding hydrogens is 528 g/mol. The lowest BCUT2D eigenvalue weighted by Gasteiger charge is -2.10. The van der Waals surface area contributed by atoms with Crippen LogP contribution >= 0.6 is 0 Å². The van der Waals surface area contributed by atoms with Gasteiger partial charge in [0.1, 0.15) is 29.2 Å². The van der Waals surface area contributed by atoms with Crippen LogP contribution in [0, 0.1) is 68.9 Å². The maximum atomic E-state index is 14.3. The highest BCUT2D eigenvalue weighted by Crippen LogP contribution is 2.42. The molecule has 5 aromatic rings. The molecule has 0 radical (unpaired) electrons. The van der Waals surface area contributed by atoms with Gasteiger partial charge in [-0.15, -0.1) is 0 Å². The number of benzene rings is 3. The van der Waals surface area contributed by atoms with E-state index >= 15 is 0 Å². The summed E-state index contributed by atoms with van der Waals surface area (Å²) in [5.74, 6) is -9.94. The van der Waals surface area contributed by atoms with Gasteiger partial charge in [-0.25, -0.2) is 36.3 Å². The Bertz CT molecular complexity index is 1960. The minimum Gasteiger partial charge on any atom is -0.435 e. The molecule has 0 bridgehead atoms. The number of nitriles is 3. The van der Waals surface area contributed by atoms with Gasteiger partial charge in [-0.1, -0.05) is 0 Å². The highest BCUT2D eigenvalue weighted by molar-refractivity contribution is 6.15. The van der Waals surface area contributed by atoms with E-state index in [1.165, 1.54) is 6.92 Å². The molecule has 5 rings (SSSR count). The smallest absolute Gasteiger partial charge is 0.249 e. The first-order chi connectivity index (χ1) is 18.6. The van der Waals surface area contributed by atoms with E-state index in [4.69, 9.17) is 8.83 Å². The minimum absolute atomic E-state index is 0.0779. The Morgan fingerprint density at radius 2 is 1.03 bits per heavy atom. The molecular formula is C26H7F6N5O2. The maximum Gasteiger partial charge on any atom is 0.249 e. The van der Waals surface area contributed by atoms with Crippen molar-refractivity contribution >= 4 is 33.3 Å². The number of hydrogen-bond acceptors (Lipinski definition) is 7. The van der Waals surface area contributed by atoms with Crippen molar-refractivity contribution in [3.8, 4) is 40.5 Å². The molecule has 3 aromatic carbocycles. The summed E-state index contributed by atoms with van der Waals surface area (Å²) in [4.78, 5) is 8.26. The van der Waals surface area contributed by atoms with Crippen LogP contribution in [0.1, 0.15) is 6.92 Å². The predicted octanol–water partition coefficient (Wildman–Crippen LogP) is 5.03. The van der Waals surface area contributed by atoms with Crippen LogP contribution in [-0.2, 0) is 0 Å². The summed E-state index contributed by atoms with van der Waals surface area (Å²) < 4.78 is 95.9. The van der Waals surface area contributed by atoms with Crippen molar-refractivity contribution in [1.29, 1.82) is 15.8 Å². The molecule has 0 aliphatic carbocycles. The van der Waals surface area contributed by atoms with Gasteiger partial charge in [0.15, 0.2) is 51.6 Å². The first kappa shape index (κ1) is 25.1. The quantitative estimate of drug-likeness (QED) is 0.229. The second-order valence-corrected chi connectivity index (χ2v) is 7.99. The Morgan fingerprint density at radius 3 is 1.41 bits per heavy atom. The van der Waals surface area contributed by atoms with Crippen molar-refractivity contribution in [1.82, 2.24) is 9.97 Å². The van der Waals surface area contributed by atoms with Gasteiger partial charge >= 0.3 is 0 Å². The summed E-state index contributed by atoms with van der Waals surface area (Å²) >= 11 is 0. The number of oxazole rings is 2. The molecule has 0 aliphatic heterocycles. The van der Waals surface area contributed by atoms with Gasteiger partial charge in [0.2, 0.25) is 11.1 Å². The minimum atomic E-state index is -1.78. The number of rotatable bonds is 2. The second-order valence-electron chi connectivity index (χ2n) is 7.99. The fourth-order valence-electron chi connectivity index (χ4n) is 3.90. The molecule has 0 amide bonds. The molecule has 0 fully saturated rings. The topological polar surface area (TPSA) is 123 Å². The Labute approximate surface area is 212 Å². The molecule has 13 heteroatoms. The van der Waals surface area contributed by atoms with Gasteiger partial charge < -0.3 is 8.83 Å². The Balaban J connectivity index is 2.12. The SMILES string of the molecule is C/C(C#N)=c1\nc2c(-c3cc(F)c(F)c(F)c3)c3oc(=C(C#N)C#N)nc3c(-c3cc(F)c(F)c(F)c3)c2o1. The molecule has 0 saturated heterocycles. The summed E-state index contributed by atoms with van der Waals surface area (Å²) in [5.41, 5.74) is -4.27. The number of halogens is 6. The molecule has 39 heavy (non-hydrogen) atoms. The second kappa shape index (κ2) is 9.05. The van der Waals surface area contributed by atoms with E-state index in [-0.39, 0.29) is 50.0 Å². The third-order valence-electron chi connectivity index (χ3n) is 5.65. The first-order valence-electron chi connectivity index (χ1n) is 10.6. The van der Waals surface area contributed by atoms with E-state index in [0.29, 0.717) is 24.3 Å². The molecule has 0 N–H and O–H groups in total. The van der Waals surface area contributed by atoms with Crippen molar-refractivity contribution in [2.75, 3.05) is 0 Å². The molecule has 0 saturated carbocycles. The molecule has 190 valence electrons. The largest absolute Gasteiger partial charge is 0.435 e. The summed E-state index contributed by atoms with van der Waals surface area (Å²) in [5, 5.41) is 27.9. The standard InChI is InChI=1S/C26H7F6N5O2/c1-9(6-33)25-36-21-17(10-2-13(27)19(31)14(28)3-10)24-22(37-26(39-24)12(7-34)8-35)18(23(21)38-25)11-4-15(29)20(32)16(30)5-11/h2-5H,1H3/b25-9-.